The van der Waals surface area contributed by atoms with E-state index >= 15 is 0 Å². The molecule has 2 N–H and O–H groups in total. The van der Waals surface area contributed by atoms with Gasteiger partial charge in [0.15, 0.2) is 0 Å². The molecule has 2 aromatic heterocycles. The first-order valence-corrected chi connectivity index (χ1v) is 8.20. The highest BCUT2D eigenvalue weighted by atomic mass is 16.5. The molecule has 134 valence electrons. The normalized spacial score (nSPS) is 10.7. The third kappa shape index (κ3) is 4.25. The van der Waals surface area contributed by atoms with Gasteiger partial charge >= 0.3 is 0 Å². The molecule has 7 nitrogen and oxygen atoms in total. The topological polar surface area (TPSA) is 91.3 Å². The third-order valence-corrected chi connectivity index (χ3v) is 3.90. The van der Waals surface area contributed by atoms with Gasteiger partial charge in [-0.3, -0.25) is 14.9 Å². The second-order valence-corrected chi connectivity index (χ2v) is 5.75. The minimum atomic E-state index is -0.176. The van der Waals surface area contributed by atoms with Crippen LogP contribution >= 0.6 is 0 Å². The van der Waals surface area contributed by atoms with Crippen molar-refractivity contribution in [2.75, 3.05) is 20.3 Å². The zero-order chi connectivity index (χ0) is 18.4. The summed E-state index contributed by atoms with van der Waals surface area (Å²) in [7, 11) is 1.60. The summed E-state index contributed by atoms with van der Waals surface area (Å²) in [5, 5.41) is 16.4. The molecule has 0 atom stereocenters. The number of aromatic hydroxyl groups is 1. The molecule has 0 fully saturated rings. The van der Waals surface area contributed by atoms with Crippen LogP contribution in [0.2, 0.25) is 0 Å². The van der Waals surface area contributed by atoms with Crippen molar-refractivity contribution in [1.29, 1.82) is 0 Å². The van der Waals surface area contributed by atoms with Crippen LogP contribution in [0.15, 0.2) is 54.7 Å². The Morgan fingerprint density at radius 3 is 2.73 bits per heavy atom. The number of nitrogens with one attached hydrogen (secondary N) is 1. The third-order valence-electron chi connectivity index (χ3n) is 3.90. The number of carbonyl (C=O) groups excluding carboxylic acids is 1. The molecule has 3 aromatic rings. The molecule has 3 rings (SSSR count). The van der Waals surface area contributed by atoms with E-state index in [1.54, 1.807) is 48.5 Å². The zero-order valence-corrected chi connectivity index (χ0v) is 14.4. The van der Waals surface area contributed by atoms with Gasteiger partial charge in [0.25, 0.3) is 5.91 Å². The first kappa shape index (κ1) is 17.6. The quantitative estimate of drug-likeness (QED) is 0.681. The van der Waals surface area contributed by atoms with E-state index in [4.69, 9.17) is 4.74 Å². The van der Waals surface area contributed by atoms with Gasteiger partial charge in [-0.25, -0.2) is 0 Å². The number of phenols is 1. The maximum atomic E-state index is 12.9. The number of amides is 1. The lowest BCUT2D eigenvalue weighted by Crippen LogP contribution is -2.34. The number of rotatable bonds is 7. The van der Waals surface area contributed by atoms with Gasteiger partial charge in [-0.05, 0) is 42.5 Å². The van der Waals surface area contributed by atoms with Crippen LogP contribution in [0.4, 0.5) is 0 Å². The molecule has 2 heterocycles. The van der Waals surface area contributed by atoms with Crippen molar-refractivity contribution in [3.63, 3.8) is 0 Å². The Hall–Kier alpha value is -3.19. The molecule has 26 heavy (non-hydrogen) atoms. The lowest BCUT2D eigenvalue weighted by molar-refractivity contribution is 0.0672. The lowest BCUT2D eigenvalue weighted by atomic mass is 10.1. The van der Waals surface area contributed by atoms with Crippen LogP contribution in [0.25, 0.3) is 11.3 Å². The van der Waals surface area contributed by atoms with Crippen LogP contribution in [0.1, 0.15) is 16.2 Å². The highest BCUT2D eigenvalue weighted by Crippen LogP contribution is 2.21. The number of carbonyl (C=O) groups is 1. The number of aromatic amines is 1. The van der Waals surface area contributed by atoms with Crippen molar-refractivity contribution in [2.24, 2.45) is 0 Å². The van der Waals surface area contributed by atoms with E-state index in [2.05, 4.69) is 15.2 Å². The van der Waals surface area contributed by atoms with Gasteiger partial charge in [0.05, 0.1) is 24.5 Å². The molecule has 1 amide bonds. The van der Waals surface area contributed by atoms with Crippen LogP contribution in [0, 0.1) is 0 Å². The molecule has 0 spiro atoms. The molecule has 0 radical (unpaired) electrons. The number of phenolic OH excluding ortho intramolecular Hbond substituents is 1. The molecule has 0 aliphatic heterocycles. The maximum Gasteiger partial charge on any atom is 0.272 e. The average Bonchev–Trinajstić information content (AvgIpc) is 3.16. The summed E-state index contributed by atoms with van der Waals surface area (Å²) in [4.78, 5) is 18.8. The number of benzene rings is 1. The summed E-state index contributed by atoms with van der Waals surface area (Å²) in [6.45, 7) is 1.26. The molecule has 1 aromatic carbocycles. The van der Waals surface area contributed by atoms with E-state index in [0.29, 0.717) is 31.1 Å². The van der Waals surface area contributed by atoms with Gasteiger partial charge in [-0.1, -0.05) is 6.07 Å². The Labute approximate surface area is 151 Å². The number of nitrogens with zero attached hydrogens (tertiary/aromatic N) is 3. The highest BCUT2D eigenvalue weighted by Gasteiger charge is 2.19. The Kier molecular flexibility index (Phi) is 5.60. The molecule has 0 saturated carbocycles. The Morgan fingerprint density at radius 2 is 2.04 bits per heavy atom. The largest absolute Gasteiger partial charge is 0.508 e. The molecule has 0 saturated heterocycles. The minimum absolute atomic E-state index is 0.176. The fourth-order valence-corrected chi connectivity index (χ4v) is 2.52. The van der Waals surface area contributed by atoms with Gasteiger partial charge < -0.3 is 14.7 Å². The van der Waals surface area contributed by atoms with E-state index in [9.17, 15) is 9.90 Å². The fraction of sp³-hybridized carbons (Fsp3) is 0.211. The van der Waals surface area contributed by atoms with Crippen LogP contribution in [0.3, 0.4) is 0 Å². The summed E-state index contributed by atoms with van der Waals surface area (Å²) < 4.78 is 5.12. The predicted molar refractivity (Wildman–Crippen MR) is 96.5 cm³/mol. The molecule has 0 aliphatic carbocycles. The smallest absolute Gasteiger partial charge is 0.272 e. The van der Waals surface area contributed by atoms with E-state index in [1.807, 2.05) is 18.2 Å². The lowest BCUT2D eigenvalue weighted by Gasteiger charge is -2.21. The van der Waals surface area contributed by atoms with Crippen molar-refractivity contribution >= 4 is 5.91 Å². The molecule has 0 unspecified atom stereocenters. The summed E-state index contributed by atoms with van der Waals surface area (Å²) in [5.74, 6) is 0.00641. The number of ether oxygens (including phenoxy) is 1. The fourth-order valence-electron chi connectivity index (χ4n) is 2.52. The second kappa shape index (κ2) is 8.26. The van der Waals surface area contributed by atoms with Crippen LogP contribution < -0.4 is 0 Å². The maximum absolute atomic E-state index is 12.9. The number of hydrogen-bond donors (Lipinski definition) is 2. The molecule has 0 aliphatic rings. The highest BCUT2D eigenvalue weighted by molar-refractivity contribution is 5.93. The van der Waals surface area contributed by atoms with Crippen LogP contribution in [-0.4, -0.2) is 51.4 Å². The van der Waals surface area contributed by atoms with Crippen molar-refractivity contribution in [2.45, 2.75) is 6.54 Å². The monoisotopic (exact) mass is 352 g/mol. The van der Waals surface area contributed by atoms with Gasteiger partial charge in [0, 0.05) is 25.4 Å². The van der Waals surface area contributed by atoms with Crippen LogP contribution in [-0.2, 0) is 11.3 Å². The summed E-state index contributed by atoms with van der Waals surface area (Å²) in [5.41, 5.74) is 2.64. The summed E-state index contributed by atoms with van der Waals surface area (Å²) in [6, 6.07) is 14.0. The van der Waals surface area contributed by atoms with Gasteiger partial charge in [-0.15, -0.1) is 0 Å². The number of pyridine rings is 1. The zero-order valence-electron chi connectivity index (χ0n) is 14.4. The predicted octanol–water partition coefficient (Wildman–Crippen LogP) is 2.47. The number of hydrogen-bond acceptors (Lipinski definition) is 5. The van der Waals surface area contributed by atoms with Crippen molar-refractivity contribution in [3.8, 4) is 17.0 Å². The van der Waals surface area contributed by atoms with Crippen LogP contribution in [0.5, 0.6) is 5.75 Å². The van der Waals surface area contributed by atoms with Gasteiger partial charge in [0.1, 0.15) is 11.4 Å². The average molecular weight is 352 g/mol. The van der Waals surface area contributed by atoms with Gasteiger partial charge in [0.2, 0.25) is 0 Å². The number of H-pyrrole nitrogens is 1. The van der Waals surface area contributed by atoms with E-state index in [0.717, 1.165) is 11.3 Å². The molecular formula is C19H20N4O3. The molecule has 7 heteroatoms. The number of methoxy groups -OCH3 is 1. The summed E-state index contributed by atoms with van der Waals surface area (Å²) >= 11 is 0. The van der Waals surface area contributed by atoms with Crippen molar-refractivity contribution < 1.29 is 14.6 Å². The first-order valence-electron chi connectivity index (χ1n) is 8.20. The SMILES string of the molecule is COCCN(Cc1ccccn1)C(=O)c1cc(-c2ccc(O)cc2)n[nH]1. The van der Waals surface area contributed by atoms with E-state index < -0.39 is 0 Å². The van der Waals surface area contributed by atoms with Crippen molar-refractivity contribution in [1.82, 2.24) is 20.1 Å². The van der Waals surface area contributed by atoms with E-state index in [-0.39, 0.29) is 11.7 Å². The summed E-state index contributed by atoms with van der Waals surface area (Å²) in [6.07, 6.45) is 1.70. The number of aromatic nitrogens is 3. The Balaban J connectivity index is 1.79. The second-order valence-electron chi connectivity index (χ2n) is 5.75. The van der Waals surface area contributed by atoms with E-state index in [1.165, 1.54) is 0 Å². The van der Waals surface area contributed by atoms with Gasteiger partial charge in [-0.2, -0.15) is 5.10 Å². The first-order chi connectivity index (χ1) is 12.7. The Morgan fingerprint density at radius 1 is 1.23 bits per heavy atom. The standard InChI is InChI=1S/C19H20N4O3/c1-26-11-10-23(13-15-4-2-3-9-20-15)19(25)18-12-17(21-22-18)14-5-7-16(24)8-6-14/h2-9,12,24H,10-11,13H2,1H3,(H,21,22). The molecule has 0 bridgehead atoms. The Bertz CT molecular complexity index is 847. The van der Waals surface area contributed by atoms with Crippen molar-refractivity contribution in [3.05, 3.63) is 66.1 Å². The molecular weight excluding hydrogens is 332 g/mol. The minimum Gasteiger partial charge on any atom is -0.508 e.